The Hall–Kier alpha value is -2.64. The predicted octanol–water partition coefficient (Wildman–Crippen LogP) is 3.98. The topological polar surface area (TPSA) is 77.1 Å². The van der Waals surface area contributed by atoms with Gasteiger partial charge in [-0.3, -0.25) is 9.59 Å². The van der Waals surface area contributed by atoms with E-state index in [2.05, 4.69) is 5.32 Å². The van der Waals surface area contributed by atoms with Gasteiger partial charge in [0.2, 0.25) is 12.7 Å². The van der Waals surface area contributed by atoms with Crippen LogP contribution in [0.2, 0.25) is 10.0 Å². The highest BCUT2D eigenvalue weighted by atomic mass is 35.5. The highest BCUT2D eigenvalue weighted by Gasteiger charge is 2.28. The molecule has 2 amide bonds. The minimum atomic E-state index is -0.161. The molecule has 0 unspecified atom stereocenters. The maximum Gasteiger partial charge on any atom is 0.260 e. The van der Waals surface area contributed by atoms with Crippen LogP contribution in [0.15, 0.2) is 36.4 Å². The summed E-state index contributed by atoms with van der Waals surface area (Å²) >= 11 is 11.9. The van der Waals surface area contributed by atoms with Crippen LogP contribution in [0.3, 0.4) is 0 Å². The lowest BCUT2D eigenvalue weighted by molar-refractivity contribution is -0.136. The molecule has 30 heavy (non-hydrogen) atoms. The molecule has 158 valence electrons. The maximum atomic E-state index is 12.6. The summed E-state index contributed by atoms with van der Waals surface area (Å²) in [7, 11) is 0. The fourth-order valence-corrected chi connectivity index (χ4v) is 3.90. The van der Waals surface area contributed by atoms with Crippen LogP contribution in [0.4, 0.5) is 5.69 Å². The predicted molar refractivity (Wildman–Crippen MR) is 112 cm³/mol. The number of nitrogens with zero attached hydrogens (tertiary/aromatic N) is 1. The van der Waals surface area contributed by atoms with Crippen molar-refractivity contribution in [1.82, 2.24) is 4.90 Å². The molecule has 2 heterocycles. The van der Waals surface area contributed by atoms with Crippen molar-refractivity contribution >= 4 is 40.7 Å². The summed E-state index contributed by atoms with van der Waals surface area (Å²) in [5, 5.41) is 3.77. The minimum absolute atomic E-state index is 0.0647. The Kier molecular flexibility index (Phi) is 6.20. The van der Waals surface area contributed by atoms with E-state index in [1.54, 1.807) is 41.3 Å². The molecule has 0 bridgehead atoms. The molecule has 0 spiro atoms. The van der Waals surface area contributed by atoms with E-state index in [1.807, 2.05) is 0 Å². The van der Waals surface area contributed by atoms with Gasteiger partial charge in [0.05, 0.1) is 5.02 Å². The van der Waals surface area contributed by atoms with Gasteiger partial charge in [-0.1, -0.05) is 23.2 Å². The normalized spacial score (nSPS) is 15.7. The zero-order valence-corrected chi connectivity index (χ0v) is 17.5. The monoisotopic (exact) mass is 450 g/mol. The van der Waals surface area contributed by atoms with E-state index in [-0.39, 0.29) is 31.1 Å². The van der Waals surface area contributed by atoms with Crippen molar-refractivity contribution < 1.29 is 23.8 Å². The van der Waals surface area contributed by atoms with Crippen molar-refractivity contribution in [2.24, 2.45) is 5.92 Å². The number of halogens is 2. The number of rotatable bonds is 5. The highest BCUT2D eigenvalue weighted by Crippen LogP contribution is 2.34. The van der Waals surface area contributed by atoms with Crippen LogP contribution in [0, 0.1) is 5.92 Å². The zero-order valence-electron chi connectivity index (χ0n) is 16.0. The second kappa shape index (κ2) is 9.02. The second-order valence-corrected chi connectivity index (χ2v) is 7.92. The Balaban J connectivity index is 1.25. The van der Waals surface area contributed by atoms with E-state index in [9.17, 15) is 9.59 Å². The van der Waals surface area contributed by atoms with Gasteiger partial charge in [-0.2, -0.15) is 0 Å². The standard InChI is InChI=1S/C21H20Cl2N2O5/c22-14-1-3-17(16(23)9-14)28-11-20(26)25-7-5-13(6-8-25)21(27)24-15-2-4-18-19(10-15)30-12-29-18/h1-4,9-10,13H,5-8,11-12H2,(H,24,27). The van der Waals surface area contributed by atoms with Gasteiger partial charge in [0.25, 0.3) is 5.91 Å². The number of anilines is 1. The van der Waals surface area contributed by atoms with Crippen molar-refractivity contribution in [2.45, 2.75) is 12.8 Å². The lowest BCUT2D eigenvalue weighted by Gasteiger charge is -2.31. The fourth-order valence-electron chi connectivity index (χ4n) is 3.43. The number of benzene rings is 2. The van der Waals surface area contributed by atoms with Crippen LogP contribution in [-0.2, 0) is 9.59 Å². The Labute approximate surface area is 183 Å². The molecule has 0 radical (unpaired) electrons. The van der Waals surface area contributed by atoms with E-state index in [1.165, 1.54) is 0 Å². The van der Waals surface area contributed by atoms with Crippen LogP contribution in [0.1, 0.15) is 12.8 Å². The molecule has 7 nitrogen and oxygen atoms in total. The molecule has 2 aliphatic rings. The quantitative estimate of drug-likeness (QED) is 0.745. The van der Waals surface area contributed by atoms with Crippen LogP contribution in [0.25, 0.3) is 0 Å². The molecule has 0 saturated carbocycles. The summed E-state index contributed by atoms with van der Waals surface area (Å²) in [5.74, 6) is 1.33. The number of likely N-dealkylation sites (tertiary alicyclic amines) is 1. The zero-order chi connectivity index (χ0) is 21.1. The lowest BCUT2D eigenvalue weighted by atomic mass is 9.95. The van der Waals surface area contributed by atoms with Gasteiger partial charge >= 0.3 is 0 Å². The first-order valence-corrected chi connectivity index (χ1v) is 10.3. The number of nitrogens with one attached hydrogen (secondary N) is 1. The average molecular weight is 451 g/mol. The number of hydrogen-bond acceptors (Lipinski definition) is 5. The largest absolute Gasteiger partial charge is 0.482 e. The number of piperidine rings is 1. The number of amides is 2. The summed E-state index contributed by atoms with van der Waals surface area (Å²) in [6.07, 6.45) is 1.17. The molecule has 1 N–H and O–H groups in total. The van der Waals surface area contributed by atoms with Crippen molar-refractivity contribution in [1.29, 1.82) is 0 Å². The molecule has 0 aromatic heterocycles. The summed E-state index contributed by atoms with van der Waals surface area (Å²) in [6, 6.07) is 10.1. The van der Waals surface area contributed by atoms with Gasteiger partial charge in [0.15, 0.2) is 18.1 Å². The molecule has 1 saturated heterocycles. The maximum absolute atomic E-state index is 12.6. The van der Waals surface area contributed by atoms with E-state index in [4.69, 9.17) is 37.4 Å². The second-order valence-electron chi connectivity index (χ2n) is 7.08. The van der Waals surface area contributed by atoms with Crippen LogP contribution in [-0.4, -0.2) is 43.2 Å². The fraction of sp³-hybridized carbons (Fsp3) is 0.333. The Morgan fingerprint density at radius 2 is 1.83 bits per heavy atom. The van der Waals surface area contributed by atoms with Gasteiger partial charge < -0.3 is 24.4 Å². The summed E-state index contributed by atoms with van der Waals surface area (Å²) < 4.78 is 16.1. The van der Waals surface area contributed by atoms with Crippen LogP contribution >= 0.6 is 23.2 Å². The van der Waals surface area contributed by atoms with Crippen molar-refractivity contribution in [3.8, 4) is 17.2 Å². The molecule has 2 aromatic rings. The molecular formula is C21H20Cl2N2O5. The first-order chi connectivity index (χ1) is 14.5. The van der Waals surface area contributed by atoms with Gasteiger partial charge in [-0.15, -0.1) is 0 Å². The molecule has 2 aromatic carbocycles. The number of ether oxygens (including phenoxy) is 3. The van der Waals surface area contributed by atoms with Gasteiger partial charge in [-0.05, 0) is 43.2 Å². The first-order valence-electron chi connectivity index (χ1n) is 9.56. The molecule has 0 atom stereocenters. The smallest absolute Gasteiger partial charge is 0.260 e. The van der Waals surface area contributed by atoms with Gasteiger partial charge in [0, 0.05) is 35.8 Å². The van der Waals surface area contributed by atoms with Crippen molar-refractivity contribution in [3.05, 3.63) is 46.4 Å². The van der Waals surface area contributed by atoms with Gasteiger partial charge in [0.1, 0.15) is 5.75 Å². The van der Waals surface area contributed by atoms with Crippen LogP contribution in [0.5, 0.6) is 17.2 Å². The summed E-state index contributed by atoms with van der Waals surface area (Å²) in [4.78, 5) is 26.7. The summed E-state index contributed by atoms with van der Waals surface area (Å²) in [6.45, 7) is 1.06. The van der Waals surface area contributed by atoms with E-state index < -0.39 is 0 Å². The van der Waals surface area contributed by atoms with Crippen molar-refractivity contribution in [2.75, 3.05) is 31.8 Å². The molecule has 9 heteroatoms. The SMILES string of the molecule is O=C(Nc1ccc2c(c1)OCO2)C1CCN(C(=O)COc2ccc(Cl)cc2Cl)CC1. The molecular weight excluding hydrogens is 431 g/mol. The van der Waals surface area contributed by atoms with E-state index in [0.717, 1.165) is 0 Å². The molecule has 1 fully saturated rings. The first kappa shape index (κ1) is 20.6. The van der Waals surface area contributed by atoms with Crippen LogP contribution < -0.4 is 19.5 Å². The number of carbonyl (C=O) groups is 2. The molecule has 0 aliphatic carbocycles. The Morgan fingerprint density at radius 1 is 1.07 bits per heavy atom. The average Bonchev–Trinajstić information content (AvgIpc) is 3.21. The third-order valence-corrected chi connectivity index (χ3v) is 5.63. The van der Waals surface area contributed by atoms with Crippen molar-refractivity contribution in [3.63, 3.8) is 0 Å². The third-order valence-electron chi connectivity index (χ3n) is 5.10. The van der Waals surface area contributed by atoms with E-state index in [0.29, 0.717) is 58.9 Å². The number of hydrogen-bond donors (Lipinski definition) is 1. The molecule has 4 rings (SSSR count). The summed E-state index contributed by atoms with van der Waals surface area (Å²) in [5.41, 5.74) is 0.663. The van der Waals surface area contributed by atoms with Gasteiger partial charge in [-0.25, -0.2) is 0 Å². The number of carbonyl (C=O) groups excluding carboxylic acids is 2. The Morgan fingerprint density at radius 3 is 2.60 bits per heavy atom. The third kappa shape index (κ3) is 4.74. The lowest BCUT2D eigenvalue weighted by Crippen LogP contribution is -2.43. The Bertz CT molecular complexity index is 960. The minimum Gasteiger partial charge on any atom is -0.482 e. The number of fused-ring (bicyclic) bond motifs is 1. The van der Waals surface area contributed by atoms with E-state index >= 15 is 0 Å². The molecule has 2 aliphatic heterocycles. The highest BCUT2D eigenvalue weighted by molar-refractivity contribution is 6.35.